The first kappa shape index (κ1) is 22.7. The van der Waals surface area contributed by atoms with Gasteiger partial charge in [0.25, 0.3) is 0 Å². The number of hydrogen-bond acceptors (Lipinski definition) is 2. The minimum atomic E-state index is 0. The Labute approximate surface area is 175 Å². The molecule has 1 aromatic rings. The van der Waals surface area contributed by atoms with Crippen LogP contribution in [-0.2, 0) is 22.7 Å². The molecule has 0 N–H and O–H groups in total. The minimum absolute atomic E-state index is 0. The Hall–Kier alpha value is 0.693. The van der Waals surface area contributed by atoms with Crippen LogP contribution in [0.25, 0.3) is 11.6 Å². The zero-order valence-corrected chi connectivity index (χ0v) is 18.6. The Morgan fingerprint density at radius 1 is 1.27 bits per heavy atom. The monoisotopic (exact) mass is 506 g/mol. The van der Waals surface area contributed by atoms with Gasteiger partial charge in [-0.1, -0.05) is 5.57 Å². The molecule has 1 heterocycles. The first-order valence-electron chi connectivity index (χ1n) is 6.03. The van der Waals surface area contributed by atoms with Crippen molar-refractivity contribution in [1.29, 1.82) is 0 Å². The second kappa shape index (κ2) is 12.1. The van der Waals surface area contributed by atoms with Crippen LogP contribution in [0.3, 0.4) is 0 Å². The molecule has 0 spiro atoms. The van der Waals surface area contributed by atoms with Crippen molar-refractivity contribution in [1.82, 2.24) is 0 Å². The Morgan fingerprint density at radius 3 is 2.64 bits per heavy atom. The third kappa shape index (κ3) is 5.65. The van der Waals surface area contributed by atoms with Crippen molar-refractivity contribution < 1.29 is 47.5 Å². The Morgan fingerprint density at radius 2 is 2.05 bits per heavy atom. The van der Waals surface area contributed by atoms with Crippen molar-refractivity contribution in [3.63, 3.8) is 0 Å². The molecular weight excluding hydrogens is 498 g/mol. The van der Waals surface area contributed by atoms with Gasteiger partial charge in [-0.3, -0.25) is 6.08 Å². The van der Waals surface area contributed by atoms with E-state index in [2.05, 4.69) is 55.1 Å². The molecule has 0 aromatic heterocycles. The van der Waals surface area contributed by atoms with Gasteiger partial charge in [-0.25, -0.2) is 12.2 Å². The van der Waals surface area contributed by atoms with Gasteiger partial charge in [-0.2, -0.15) is 6.08 Å². The fraction of sp³-hybridized carbons (Fsp3) is 0.125. The van der Waals surface area contributed by atoms with E-state index in [0.717, 1.165) is 34.9 Å². The van der Waals surface area contributed by atoms with E-state index in [-0.39, 0.29) is 24.8 Å². The topological polar surface area (TPSA) is 0 Å². The molecule has 0 bridgehead atoms. The van der Waals surface area contributed by atoms with E-state index < -0.39 is 0 Å². The molecule has 0 saturated heterocycles. The van der Waals surface area contributed by atoms with Crippen LogP contribution in [0.15, 0.2) is 45.8 Å². The van der Waals surface area contributed by atoms with E-state index in [0.29, 0.717) is 0 Å². The summed E-state index contributed by atoms with van der Waals surface area (Å²) in [5.41, 5.74) is 5.39. The molecule has 1 aliphatic heterocycles. The summed E-state index contributed by atoms with van der Waals surface area (Å²) in [4.78, 5) is 0. The van der Waals surface area contributed by atoms with E-state index in [1.165, 1.54) is 26.1 Å². The molecule has 0 unspecified atom stereocenters. The quantitative estimate of drug-likeness (QED) is 0.439. The molecule has 22 heavy (non-hydrogen) atoms. The molecule has 0 nitrogen and oxygen atoms in total. The molecular formula is C16H11BrCl2S2Zr-2. The fourth-order valence-corrected chi connectivity index (χ4v) is 3.81. The third-order valence-electron chi connectivity index (χ3n) is 2.93. The molecule has 1 aromatic carbocycles. The average Bonchev–Trinajstić information content (AvgIpc) is 3.21. The van der Waals surface area contributed by atoms with Crippen molar-refractivity contribution in [3.05, 3.63) is 69.1 Å². The molecule has 6 heteroatoms. The van der Waals surface area contributed by atoms with Crippen LogP contribution >= 0.6 is 36.5 Å². The Bertz CT molecular complexity index is 614. The summed E-state index contributed by atoms with van der Waals surface area (Å²) >= 11 is 6.60. The van der Waals surface area contributed by atoms with Gasteiger partial charge in [-0.15, -0.1) is 59.7 Å². The Balaban J connectivity index is 0.000000422. The second-order valence-electron chi connectivity index (χ2n) is 4.11. The molecule has 0 saturated carbocycles. The maximum absolute atomic E-state index is 4.17. The number of rotatable bonds is 0. The summed E-state index contributed by atoms with van der Waals surface area (Å²) in [6.07, 6.45) is 12.2. The van der Waals surface area contributed by atoms with Crippen LogP contribution in [0.2, 0.25) is 0 Å². The first-order valence-corrected chi connectivity index (χ1v) is 11.2. The van der Waals surface area contributed by atoms with Crippen LogP contribution < -0.4 is 24.8 Å². The average molecular weight is 509 g/mol. The van der Waals surface area contributed by atoms with Gasteiger partial charge in [0.2, 0.25) is 0 Å². The summed E-state index contributed by atoms with van der Waals surface area (Å²) in [5.74, 6) is 1.10. The van der Waals surface area contributed by atoms with Crippen LogP contribution in [0, 0.1) is 12.1 Å². The Kier molecular flexibility index (Phi) is 12.5. The number of fused-ring (bicyclic) bond motifs is 3. The van der Waals surface area contributed by atoms with E-state index in [9.17, 15) is 0 Å². The van der Waals surface area contributed by atoms with Crippen LogP contribution in [0.1, 0.15) is 17.5 Å². The first-order chi connectivity index (χ1) is 9.86. The van der Waals surface area contributed by atoms with Crippen molar-refractivity contribution in [3.8, 4) is 0 Å². The normalized spacial score (nSPS) is 15.3. The van der Waals surface area contributed by atoms with Crippen LogP contribution in [0.5, 0.6) is 0 Å². The number of hydrogen-bond donors (Lipinski definition) is 0. The second-order valence-corrected chi connectivity index (χ2v) is 6.41. The summed E-state index contributed by atoms with van der Waals surface area (Å²) in [5, 5.41) is 0. The van der Waals surface area contributed by atoms with Crippen molar-refractivity contribution in [2.24, 2.45) is 0 Å². The molecule has 0 radical (unpaired) electrons. The number of thioether (sulfide) groups is 1. The van der Waals surface area contributed by atoms with Crippen molar-refractivity contribution in [2.75, 3.05) is 5.75 Å². The molecule has 4 rings (SSSR count). The maximum atomic E-state index is 4.17. The summed E-state index contributed by atoms with van der Waals surface area (Å²) < 4.78 is 1.28. The third-order valence-corrected chi connectivity index (χ3v) is 4.93. The van der Waals surface area contributed by atoms with Crippen molar-refractivity contribution in [2.45, 2.75) is 6.42 Å². The summed E-state index contributed by atoms with van der Waals surface area (Å²) in [6, 6.07) is 9.44. The number of halogens is 3. The van der Waals surface area contributed by atoms with E-state index >= 15 is 0 Å². The zero-order valence-electron chi connectivity index (χ0n) is 11.4. The van der Waals surface area contributed by atoms with Gasteiger partial charge in [0, 0.05) is 9.57 Å². The summed E-state index contributed by atoms with van der Waals surface area (Å²) in [6.45, 7) is 0. The van der Waals surface area contributed by atoms with Gasteiger partial charge in [-0.05, 0) is 21.5 Å². The molecule has 2 aliphatic carbocycles. The van der Waals surface area contributed by atoms with Gasteiger partial charge in [0.15, 0.2) is 0 Å². The van der Waals surface area contributed by atoms with Crippen LogP contribution in [-0.4, -0.2) is 5.75 Å². The molecule has 0 amide bonds. The van der Waals surface area contributed by atoms with Gasteiger partial charge in [0.1, 0.15) is 0 Å². The standard InChI is InChI=1S/C11H6BrS.C5H5.2ClH.S.Zr/c12-11-10-8(6-13-11)5-7-3-1-2-4-9(7)10;1-2-4-5-3-1;;;;/h1-2,4-5H,6H2;1-3H,4H2;2*1H;;/q2*-1;;;;+2/p-2. The van der Waals surface area contributed by atoms with Crippen LogP contribution in [0.4, 0.5) is 0 Å². The predicted octanol–water partition coefficient (Wildman–Crippen LogP) is -0.347. The predicted molar refractivity (Wildman–Crippen MR) is 90.7 cm³/mol. The zero-order chi connectivity index (χ0) is 14.4. The number of allylic oxidation sites excluding steroid dienone is 5. The molecule has 0 atom stereocenters. The van der Waals surface area contributed by atoms with Crippen molar-refractivity contribution >= 4 is 48.2 Å². The van der Waals surface area contributed by atoms with Gasteiger partial charge < -0.3 is 24.8 Å². The van der Waals surface area contributed by atoms with E-state index in [1.54, 1.807) is 0 Å². The summed E-state index contributed by atoms with van der Waals surface area (Å²) in [7, 11) is 4.17. The molecule has 114 valence electrons. The number of benzene rings is 1. The van der Waals surface area contributed by atoms with E-state index in [4.69, 9.17) is 0 Å². The fourth-order valence-electron chi connectivity index (χ4n) is 2.11. The van der Waals surface area contributed by atoms with Gasteiger partial charge >= 0.3 is 31.5 Å². The van der Waals surface area contributed by atoms with E-state index in [1.807, 2.05) is 36.0 Å². The molecule has 3 aliphatic rings. The van der Waals surface area contributed by atoms with Gasteiger partial charge in [0.05, 0.1) is 0 Å². The SMILES string of the molecule is BrC1=C2C(=Cc3[c-]cccc32)CS1.[C-]1=CC=CC1.[Cl-].[Cl-].[S]=[Zr+2]. The molecule has 0 fully saturated rings.